The summed E-state index contributed by atoms with van der Waals surface area (Å²) in [7, 11) is 1.43. The maximum absolute atomic E-state index is 11.7. The number of benzene rings is 1. The van der Waals surface area contributed by atoms with Gasteiger partial charge in [0, 0.05) is 18.5 Å². The zero-order chi connectivity index (χ0) is 15.4. The van der Waals surface area contributed by atoms with Crippen LogP contribution in [-0.2, 0) is 16.0 Å². The van der Waals surface area contributed by atoms with Crippen LogP contribution in [0.3, 0.4) is 0 Å². The minimum Gasteiger partial charge on any atom is -0.468 e. The van der Waals surface area contributed by atoms with Crippen LogP contribution in [0.15, 0.2) is 34.9 Å². The van der Waals surface area contributed by atoms with Gasteiger partial charge in [0.2, 0.25) is 11.7 Å². The first-order chi connectivity index (χ1) is 10.8. The molecule has 6 nitrogen and oxygen atoms in total. The van der Waals surface area contributed by atoms with E-state index in [1.54, 1.807) is 0 Å². The van der Waals surface area contributed by atoms with E-state index in [0.29, 0.717) is 18.1 Å². The molecule has 0 spiro atoms. The van der Waals surface area contributed by atoms with E-state index in [9.17, 15) is 4.79 Å². The molecule has 22 heavy (non-hydrogen) atoms. The fourth-order valence-corrected chi connectivity index (χ4v) is 2.80. The second-order valence-electron chi connectivity index (χ2n) is 5.34. The summed E-state index contributed by atoms with van der Waals surface area (Å²) in [6, 6.07) is 9.59. The Morgan fingerprint density at radius 1 is 1.41 bits per heavy atom. The largest absolute Gasteiger partial charge is 0.468 e. The molecule has 0 bridgehead atoms. The standard InChI is InChI=1S/C16H19N3O3/c1-21-16(20)13-8-5-10-19(13)11-9-14-17-15(18-22-14)12-6-3-2-4-7-12/h2-4,6-7,13H,5,8-11H2,1H3/t13-/m0/s1. The molecule has 0 unspecified atom stereocenters. The number of rotatable bonds is 5. The van der Waals surface area contributed by atoms with Crippen molar-refractivity contribution in [2.24, 2.45) is 0 Å². The SMILES string of the molecule is COC(=O)[C@@H]1CCCN1CCc1nc(-c2ccccc2)no1. The highest BCUT2D eigenvalue weighted by Gasteiger charge is 2.31. The van der Waals surface area contributed by atoms with Crippen LogP contribution in [0.2, 0.25) is 0 Å². The van der Waals surface area contributed by atoms with Crippen molar-refractivity contribution in [2.45, 2.75) is 25.3 Å². The smallest absolute Gasteiger partial charge is 0.323 e. The third kappa shape index (κ3) is 3.17. The fourth-order valence-electron chi connectivity index (χ4n) is 2.80. The molecule has 0 amide bonds. The molecule has 1 fully saturated rings. The highest BCUT2D eigenvalue weighted by atomic mass is 16.5. The van der Waals surface area contributed by atoms with Crippen LogP contribution in [0.25, 0.3) is 11.4 Å². The maximum atomic E-state index is 11.7. The van der Waals surface area contributed by atoms with E-state index in [1.165, 1.54) is 7.11 Å². The van der Waals surface area contributed by atoms with Crippen LogP contribution in [0.1, 0.15) is 18.7 Å². The summed E-state index contributed by atoms with van der Waals surface area (Å²) in [4.78, 5) is 18.2. The van der Waals surface area contributed by atoms with Crippen LogP contribution in [-0.4, -0.2) is 47.3 Å². The molecule has 116 valence electrons. The molecule has 0 radical (unpaired) electrons. The number of carbonyl (C=O) groups is 1. The Morgan fingerprint density at radius 3 is 3.00 bits per heavy atom. The topological polar surface area (TPSA) is 68.5 Å². The molecule has 6 heteroatoms. The number of ether oxygens (including phenoxy) is 1. The van der Waals surface area contributed by atoms with E-state index >= 15 is 0 Å². The lowest BCUT2D eigenvalue weighted by Gasteiger charge is -2.21. The van der Waals surface area contributed by atoms with Gasteiger partial charge in [-0.3, -0.25) is 9.69 Å². The van der Waals surface area contributed by atoms with Gasteiger partial charge in [-0.15, -0.1) is 0 Å². The van der Waals surface area contributed by atoms with Crippen molar-refractivity contribution in [3.05, 3.63) is 36.2 Å². The molecular formula is C16H19N3O3. The van der Waals surface area contributed by atoms with Gasteiger partial charge in [0.1, 0.15) is 6.04 Å². The van der Waals surface area contributed by atoms with Crippen molar-refractivity contribution in [2.75, 3.05) is 20.2 Å². The average Bonchev–Trinajstić information content (AvgIpc) is 3.22. The molecule has 1 saturated heterocycles. The highest BCUT2D eigenvalue weighted by molar-refractivity contribution is 5.75. The minimum atomic E-state index is -0.159. The van der Waals surface area contributed by atoms with Gasteiger partial charge in [0.05, 0.1) is 7.11 Å². The Balaban J connectivity index is 1.60. The van der Waals surface area contributed by atoms with Crippen LogP contribution >= 0.6 is 0 Å². The molecule has 1 aromatic carbocycles. The van der Waals surface area contributed by atoms with E-state index in [-0.39, 0.29) is 12.0 Å². The van der Waals surface area contributed by atoms with E-state index in [0.717, 1.165) is 31.5 Å². The van der Waals surface area contributed by atoms with Crippen molar-refractivity contribution in [1.29, 1.82) is 0 Å². The molecule has 1 aliphatic heterocycles. The van der Waals surface area contributed by atoms with Crippen molar-refractivity contribution < 1.29 is 14.1 Å². The highest BCUT2D eigenvalue weighted by Crippen LogP contribution is 2.19. The summed E-state index contributed by atoms with van der Waals surface area (Å²) in [5.74, 6) is 1.03. The summed E-state index contributed by atoms with van der Waals surface area (Å²) >= 11 is 0. The van der Waals surface area contributed by atoms with E-state index in [2.05, 4.69) is 15.0 Å². The molecule has 0 aliphatic carbocycles. The number of esters is 1. The molecule has 1 aromatic heterocycles. The van der Waals surface area contributed by atoms with Crippen molar-refractivity contribution in [3.63, 3.8) is 0 Å². The number of aromatic nitrogens is 2. The second-order valence-corrected chi connectivity index (χ2v) is 5.34. The van der Waals surface area contributed by atoms with Crippen LogP contribution < -0.4 is 0 Å². The molecule has 0 saturated carbocycles. The lowest BCUT2D eigenvalue weighted by molar-refractivity contribution is -0.145. The van der Waals surface area contributed by atoms with Gasteiger partial charge < -0.3 is 9.26 Å². The van der Waals surface area contributed by atoms with Crippen molar-refractivity contribution in [1.82, 2.24) is 15.0 Å². The lowest BCUT2D eigenvalue weighted by atomic mass is 10.2. The number of methoxy groups -OCH3 is 1. The van der Waals surface area contributed by atoms with Gasteiger partial charge in [0.25, 0.3) is 0 Å². The van der Waals surface area contributed by atoms with E-state index < -0.39 is 0 Å². The number of nitrogens with zero attached hydrogens (tertiary/aromatic N) is 3. The monoisotopic (exact) mass is 301 g/mol. The van der Waals surface area contributed by atoms with E-state index in [4.69, 9.17) is 9.26 Å². The molecular weight excluding hydrogens is 282 g/mol. The first kappa shape index (κ1) is 14.7. The summed E-state index contributed by atoms with van der Waals surface area (Å²) in [6.45, 7) is 1.62. The summed E-state index contributed by atoms with van der Waals surface area (Å²) < 4.78 is 10.1. The Kier molecular flexibility index (Phi) is 4.48. The number of likely N-dealkylation sites (tertiary alicyclic amines) is 1. The van der Waals surface area contributed by atoms with Gasteiger partial charge >= 0.3 is 5.97 Å². The molecule has 2 heterocycles. The van der Waals surface area contributed by atoms with E-state index in [1.807, 2.05) is 30.3 Å². The summed E-state index contributed by atoms with van der Waals surface area (Å²) in [5.41, 5.74) is 0.936. The van der Waals surface area contributed by atoms with Gasteiger partial charge in [0.15, 0.2) is 0 Å². The first-order valence-corrected chi connectivity index (χ1v) is 7.48. The number of carbonyl (C=O) groups excluding carboxylic acids is 1. The zero-order valence-corrected chi connectivity index (χ0v) is 12.6. The van der Waals surface area contributed by atoms with Crippen molar-refractivity contribution >= 4 is 5.97 Å². The summed E-state index contributed by atoms with van der Waals surface area (Å²) in [5, 5.41) is 4.01. The first-order valence-electron chi connectivity index (χ1n) is 7.48. The van der Waals surface area contributed by atoms with Gasteiger partial charge in [-0.05, 0) is 19.4 Å². The molecule has 1 aliphatic rings. The summed E-state index contributed by atoms with van der Waals surface area (Å²) in [6.07, 6.45) is 2.50. The number of hydrogen-bond donors (Lipinski definition) is 0. The molecule has 3 rings (SSSR count). The zero-order valence-electron chi connectivity index (χ0n) is 12.6. The quantitative estimate of drug-likeness (QED) is 0.786. The Morgan fingerprint density at radius 2 is 2.23 bits per heavy atom. The fraction of sp³-hybridized carbons (Fsp3) is 0.438. The number of hydrogen-bond acceptors (Lipinski definition) is 6. The Bertz CT molecular complexity index is 627. The Hall–Kier alpha value is -2.21. The van der Waals surface area contributed by atoms with Crippen LogP contribution in [0.4, 0.5) is 0 Å². The lowest BCUT2D eigenvalue weighted by Crippen LogP contribution is -2.38. The van der Waals surface area contributed by atoms with Crippen LogP contribution in [0.5, 0.6) is 0 Å². The van der Waals surface area contributed by atoms with Crippen LogP contribution in [0, 0.1) is 0 Å². The third-order valence-electron chi connectivity index (χ3n) is 3.95. The predicted molar refractivity (Wildman–Crippen MR) is 80.0 cm³/mol. The maximum Gasteiger partial charge on any atom is 0.323 e. The molecule has 1 atom stereocenters. The second kappa shape index (κ2) is 6.70. The van der Waals surface area contributed by atoms with Gasteiger partial charge in [-0.2, -0.15) is 4.98 Å². The molecule has 0 N–H and O–H groups in total. The predicted octanol–water partition coefficient (Wildman–Crippen LogP) is 1.92. The third-order valence-corrected chi connectivity index (χ3v) is 3.95. The molecule has 2 aromatic rings. The minimum absolute atomic E-state index is 0.137. The van der Waals surface area contributed by atoms with Gasteiger partial charge in [-0.1, -0.05) is 35.5 Å². The van der Waals surface area contributed by atoms with Gasteiger partial charge in [-0.25, -0.2) is 0 Å². The Labute approximate surface area is 129 Å². The van der Waals surface area contributed by atoms with Crippen molar-refractivity contribution in [3.8, 4) is 11.4 Å². The average molecular weight is 301 g/mol. The normalized spacial score (nSPS) is 18.5.